The van der Waals surface area contributed by atoms with Crippen molar-refractivity contribution in [2.75, 3.05) is 0 Å². The Morgan fingerprint density at radius 1 is 0.440 bits per heavy atom. The Hall–Kier alpha value is -6.64. The minimum atomic E-state index is -6.39. The summed E-state index contributed by atoms with van der Waals surface area (Å²) in [5, 5.41) is 50.6. The molecule has 0 aromatic heterocycles. The van der Waals surface area contributed by atoms with Crippen molar-refractivity contribution in [3.8, 4) is 36.4 Å². The van der Waals surface area contributed by atoms with Gasteiger partial charge in [-0.25, -0.2) is 8.78 Å². The number of nitriles is 6. The van der Waals surface area contributed by atoms with Gasteiger partial charge in [-0.3, -0.25) is 0 Å². The van der Waals surface area contributed by atoms with Crippen molar-refractivity contribution < 1.29 is 61.5 Å². The first kappa shape index (κ1) is 37.8. The van der Waals surface area contributed by atoms with Gasteiger partial charge in [0.15, 0.2) is 0 Å². The van der Waals surface area contributed by atoms with E-state index in [-0.39, 0.29) is 24.3 Å². The molecule has 0 amide bonds. The molecule has 3 aromatic rings. The highest BCUT2D eigenvalue weighted by atomic mass is 19.4. The van der Waals surface area contributed by atoms with E-state index in [0.717, 1.165) is 36.4 Å². The zero-order chi connectivity index (χ0) is 38.3. The van der Waals surface area contributed by atoms with Gasteiger partial charge in [0.1, 0.15) is 59.2 Å². The molecular weight excluding hydrogens is 710 g/mol. The molecule has 0 N–H and O–H groups in total. The lowest BCUT2D eigenvalue weighted by molar-refractivity contribution is -0.146. The van der Waals surface area contributed by atoms with Gasteiger partial charge in [0.2, 0.25) is 0 Å². The van der Waals surface area contributed by atoms with E-state index in [1.807, 2.05) is 0 Å². The molecule has 0 saturated carbocycles. The first-order valence-corrected chi connectivity index (χ1v) is 12.3. The fraction of sp³-hybridized carbons (Fsp3) is 0.133. The van der Waals surface area contributed by atoms with Crippen LogP contribution in [0.5, 0.6) is 0 Å². The molecule has 0 bridgehead atoms. The van der Waals surface area contributed by atoms with Gasteiger partial charge in [-0.15, -0.1) is 0 Å². The van der Waals surface area contributed by atoms with Crippen LogP contribution in [0.1, 0.15) is 55.6 Å². The first-order valence-electron chi connectivity index (χ1n) is 12.3. The third-order valence-electron chi connectivity index (χ3n) is 6.60. The highest BCUT2D eigenvalue weighted by Crippen LogP contribution is 2.39. The lowest BCUT2D eigenvalue weighted by atomic mass is 9.89. The van der Waals surface area contributed by atoms with Crippen molar-refractivity contribution >= 4 is 11.1 Å². The maximum absolute atomic E-state index is 16.0. The molecule has 20 heteroatoms. The van der Waals surface area contributed by atoms with Gasteiger partial charge >= 0.3 is 24.7 Å². The van der Waals surface area contributed by atoms with Gasteiger partial charge in [0.25, 0.3) is 0 Å². The van der Waals surface area contributed by atoms with E-state index >= 15 is 8.78 Å². The third kappa shape index (κ3) is 6.56. The SMILES string of the molecule is N#C/C(c1cc(C#N)c(C#N)c(C(F)(F)F)c1)=c1\c(F)c(C(F)(F)F)/c(=C(\C#N)c2cc(C#N)c(C#N)c(C(F)(F)F)c2)c(F)c1C(F)(F)F. The molecule has 50 heavy (non-hydrogen) atoms. The van der Waals surface area contributed by atoms with E-state index in [1.54, 1.807) is 0 Å². The van der Waals surface area contributed by atoms with Gasteiger partial charge in [-0.1, -0.05) is 0 Å². The fourth-order valence-electron chi connectivity index (χ4n) is 4.66. The van der Waals surface area contributed by atoms with Gasteiger partial charge in [-0.05, 0) is 35.4 Å². The summed E-state index contributed by atoms with van der Waals surface area (Å²) in [6.45, 7) is 0. The van der Waals surface area contributed by atoms with Crippen molar-refractivity contribution in [3.63, 3.8) is 0 Å². The number of nitrogens with zero attached hydrogens (tertiary/aromatic N) is 6. The van der Waals surface area contributed by atoms with Gasteiger partial charge in [0.05, 0.1) is 44.5 Å². The summed E-state index contributed by atoms with van der Waals surface area (Å²) in [7, 11) is 0. The predicted octanol–water partition coefficient (Wildman–Crippen LogP) is 6.97. The smallest absolute Gasteiger partial charge is 0.206 e. The average Bonchev–Trinajstić information content (AvgIpc) is 3.00. The summed E-state index contributed by atoms with van der Waals surface area (Å²) in [6, 6.07) is 5.04. The fourth-order valence-corrected chi connectivity index (χ4v) is 4.66. The van der Waals surface area contributed by atoms with E-state index in [2.05, 4.69) is 0 Å². The highest BCUT2D eigenvalue weighted by molar-refractivity contribution is 5.82. The molecule has 0 spiro atoms. The molecule has 0 saturated heterocycles. The molecule has 0 unspecified atom stereocenters. The summed E-state index contributed by atoms with van der Waals surface area (Å²) in [5.41, 5.74) is -23.5. The molecule has 0 heterocycles. The Balaban J connectivity index is 2.92. The van der Waals surface area contributed by atoms with Gasteiger partial charge in [0, 0.05) is 10.4 Å². The molecular formula is C30H4F14N6. The van der Waals surface area contributed by atoms with Crippen LogP contribution in [0.3, 0.4) is 0 Å². The maximum Gasteiger partial charge on any atom is 0.419 e. The zero-order valence-corrected chi connectivity index (χ0v) is 23.3. The van der Waals surface area contributed by atoms with Crippen LogP contribution in [-0.4, -0.2) is 0 Å². The van der Waals surface area contributed by atoms with Gasteiger partial charge in [-0.2, -0.15) is 84.3 Å². The topological polar surface area (TPSA) is 143 Å². The van der Waals surface area contributed by atoms with Crippen LogP contribution in [0.25, 0.3) is 11.1 Å². The minimum Gasteiger partial charge on any atom is -0.206 e. The Morgan fingerprint density at radius 2 is 0.740 bits per heavy atom. The quantitative estimate of drug-likeness (QED) is 0.263. The second-order valence-electron chi connectivity index (χ2n) is 9.43. The number of alkyl halides is 12. The molecule has 0 atom stereocenters. The number of hydrogen-bond acceptors (Lipinski definition) is 6. The van der Waals surface area contributed by atoms with Crippen LogP contribution in [0.2, 0.25) is 0 Å². The second kappa shape index (κ2) is 12.8. The molecule has 3 rings (SSSR count). The summed E-state index contributed by atoms with van der Waals surface area (Å²) < 4.78 is 201. The normalized spacial score (nSPS) is 13.1. The van der Waals surface area contributed by atoms with Crippen molar-refractivity contribution in [1.29, 1.82) is 31.6 Å². The van der Waals surface area contributed by atoms with Crippen LogP contribution in [-0.2, 0) is 24.7 Å². The van der Waals surface area contributed by atoms with Crippen LogP contribution >= 0.6 is 0 Å². The number of hydrogen-bond donors (Lipinski definition) is 0. The monoisotopic (exact) mass is 714 g/mol. The van der Waals surface area contributed by atoms with E-state index in [0.29, 0.717) is 0 Å². The van der Waals surface area contributed by atoms with Crippen LogP contribution in [0.4, 0.5) is 61.5 Å². The minimum absolute atomic E-state index is 0.0939. The third-order valence-corrected chi connectivity index (χ3v) is 6.60. The largest absolute Gasteiger partial charge is 0.419 e. The summed E-state index contributed by atoms with van der Waals surface area (Å²) in [4.78, 5) is 0. The maximum atomic E-state index is 16.0. The molecule has 0 aliphatic rings. The Kier molecular flexibility index (Phi) is 9.65. The second-order valence-corrected chi connectivity index (χ2v) is 9.43. The molecule has 0 aliphatic carbocycles. The molecule has 3 aromatic carbocycles. The van der Waals surface area contributed by atoms with Gasteiger partial charge < -0.3 is 0 Å². The lowest BCUT2D eigenvalue weighted by Gasteiger charge is -2.19. The molecule has 6 nitrogen and oxygen atoms in total. The summed E-state index contributed by atoms with van der Waals surface area (Å²) >= 11 is 0. The van der Waals surface area contributed by atoms with E-state index in [9.17, 15) is 73.7 Å². The average molecular weight is 714 g/mol. The molecule has 0 radical (unpaired) electrons. The lowest BCUT2D eigenvalue weighted by Crippen LogP contribution is -2.39. The van der Waals surface area contributed by atoms with Crippen molar-refractivity contribution in [2.24, 2.45) is 0 Å². The number of benzene rings is 3. The Morgan fingerprint density at radius 3 is 0.940 bits per heavy atom. The van der Waals surface area contributed by atoms with E-state index in [4.69, 9.17) is 10.5 Å². The Bertz CT molecular complexity index is 2190. The highest BCUT2D eigenvalue weighted by Gasteiger charge is 2.46. The predicted molar refractivity (Wildman–Crippen MR) is 134 cm³/mol. The zero-order valence-electron chi connectivity index (χ0n) is 23.3. The molecule has 0 aliphatic heterocycles. The summed E-state index contributed by atoms with van der Waals surface area (Å²) in [6.07, 6.45) is -24.0. The van der Waals surface area contributed by atoms with Crippen LogP contribution in [0.15, 0.2) is 24.3 Å². The van der Waals surface area contributed by atoms with Crippen LogP contribution < -0.4 is 10.4 Å². The van der Waals surface area contributed by atoms with E-state index < -0.39 is 114 Å². The summed E-state index contributed by atoms with van der Waals surface area (Å²) in [5.74, 6) is -6.51. The number of halogens is 14. The molecule has 252 valence electrons. The van der Waals surface area contributed by atoms with Crippen LogP contribution in [0, 0.1) is 79.6 Å². The number of rotatable bonds is 2. The standard InChI is InChI=1S/C30H4F14N6/c31-25-21(17(9-49)11-1-13(5-45)15(7-47)19(3-11)27(33,34)35)23(29(39,40)41)26(32)22(24(25)30(42,43)44)18(10-50)12-2-14(6-46)16(8-48)20(4-12)28(36,37)38/h1-4H/b21-17-,22-18+. The molecule has 0 fully saturated rings. The van der Waals surface area contributed by atoms with Crippen molar-refractivity contribution in [2.45, 2.75) is 24.7 Å². The first-order chi connectivity index (χ1) is 22.9. The van der Waals surface area contributed by atoms with Crippen molar-refractivity contribution in [1.82, 2.24) is 0 Å². The Labute approximate surface area is 267 Å². The van der Waals surface area contributed by atoms with E-state index in [1.165, 1.54) is 0 Å². The van der Waals surface area contributed by atoms with Crippen molar-refractivity contribution in [3.05, 3.63) is 102 Å².